The van der Waals surface area contributed by atoms with E-state index in [1.165, 1.54) is 23.9 Å². The first-order valence-corrected chi connectivity index (χ1v) is 11.5. The number of hydrogen-bond acceptors (Lipinski definition) is 5. The fourth-order valence-corrected chi connectivity index (χ4v) is 4.13. The van der Waals surface area contributed by atoms with Crippen LogP contribution in [0.4, 0.5) is 16.3 Å². The van der Waals surface area contributed by atoms with Gasteiger partial charge in [0.25, 0.3) is 5.88 Å². The van der Waals surface area contributed by atoms with Crippen LogP contribution in [-0.4, -0.2) is 65.9 Å². The molecule has 7 nitrogen and oxygen atoms in total. The summed E-state index contributed by atoms with van der Waals surface area (Å²) in [5.41, 5.74) is 5.15. The summed E-state index contributed by atoms with van der Waals surface area (Å²) in [6.45, 7) is 6.98. The average molecular weight is 466 g/mol. The maximum atomic E-state index is 12.9. The zero-order chi connectivity index (χ0) is 22.4. The molecule has 0 unspecified atom stereocenters. The number of methoxy groups -OCH3 is 1. The number of carbonyl (C=O) groups is 1. The van der Waals surface area contributed by atoms with Gasteiger partial charge in [0.1, 0.15) is 0 Å². The summed E-state index contributed by atoms with van der Waals surface area (Å²) in [5.74, 6) is 1.41. The van der Waals surface area contributed by atoms with Gasteiger partial charge in [0.2, 0.25) is 0 Å². The number of nitrogens with one attached hydrogen (secondary N) is 1. The molecule has 0 aliphatic carbocycles. The molecule has 0 radical (unpaired) electrons. The van der Waals surface area contributed by atoms with Crippen molar-refractivity contribution in [2.24, 2.45) is 0 Å². The second-order valence-corrected chi connectivity index (χ2v) is 8.36. The van der Waals surface area contributed by atoms with Gasteiger partial charge >= 0.3 is 6.03 Å². The number of rotatable bonds is 7. The number of piperazine rings is 1. The van der Waals surface area contributed by atoms with E-state index in [0.717, 1.165) is 24.5 Å². The Bertz CT molecular complexity index is 897. The number of urea groups is 1. The first-order valence-electron chi connectivity index (χ1n) is 10.4. The quantitative estimate of drug-likeness (QED) is 0.625. The summed E-state index contributed by atoms with van der Waals surface area (Å²) in [5, 5.41) is 2.87. The van der Waals surface area contributed by atoms with E-state index in [0.29, 0.717) is 43.5 Å². The van der Waals surface area contributed by atoms with E-state index in [9.17, 15) is 4.79 Å². The number of alkyl halides is 2. The highest BCUT2D eigenvalue weighted by Crippen LogP contribution is 2.24. The smallest absolute Gasteiger partial charge is 0.323 e. The standard InChI is InChI=1S/C22H29Cl2N5O2/c1-15-12-16(2)14-17(13-15)28-8-10-29(11-9-28)22(30)27-20-21(31-3)26-19(5-7-24)18(25-20)4-6-23/h12-14H,4-11H2,1-3H3,(H,25,27,30). The molecule has 168 valence electrons. The van der Waals surface area contributed by atoms with Crippen molar-refractivity contribution < 1.29 is 9.53 Å². The number of nitrogens with zero attached hydrogens (tertiary/aromatic N) is 4. The number of halogens is 2. The lowest BCUT2D eigenvalue weighted by molar-refractivity contribution is 0.208. The van der Waals surface area contributed by atoms with Crippen molar-refractivity contribution in [2.75, 3.05) is 55.3 Å². The number of carbonyl (C=O) groups excluding carboxylic acids is 1. The number of aryl methyl sites for hydroxylation is 4. The van der Waals surface area contributed by atoms with E-state index < -0.39 is 0 Å². The lowest BCUT2D eigenvalue weighted by Crippen LogP contribution is -2.50. The zero-order valence-corrected chi connectivity index (χ0v) is 19.8. The third kappa shape index (κ3) is 5.92. The van der Waals surface area contributed by atoms with Gasteiger partial charge in [-0.25, -0.2) is 14.8 Å². The minimum atomic E-state index is -0.213. The topological polar surface area (TPSA) is 70.6 Å². The van der Waals surface area contributed by atoms with Crippen molar-refractivity contribution in [3.63, 3.8) is 0 Å². The van der Waals surface area contributed by atoms with Crippen molar-refractivity contribution in [1.29, 1.82) is 0 Å². The molecule has 3 rings (SSSR count). The monoisotopic (exact) mass is 465 g/mol. The highest BCUT2D eigenvalue weighted by molar-refractivity contribution is 6.18. The molecule has 1 N–H and O–H groups in total. The van der Waals surface area contributed by atoms with Crippen LogP contribution in [-0.2, 0) is 12.8 Å². The second kappa shape index (κ2) is 10.9. The van der Waals surface area contributed by atoms with Crippen molar-refractivity contribution in [3.8, 4) is 5.88 Å². The first kappa shape index (κ1) is 23.4. The second-order valence-electron chi connectivity index (χ2n) is 7.60. The molecule has 1 aromatic heterocycles. The van der Waals surface area contributed by atoms with Crippen LogP contribution < -0.4 is 15.0 Å². The molecule has 2 aromatic rings. The molecular weight excluding hydrogens is 437 g/mol. The normalized spacial score (nSPS) is 14.0. The summed E-state index contributed by atoms with van der Waals surface area (Å²) >= 11 is 11.8. The molecule has 1 aromatic carbocycles. The highest BCUT2D eigenvalue weighted by atomic mass is 35.5. The van der Waals surface area contributed by atoms with E-state index in [4.69, 9.17) is 27.9 Å². The van der Waals surface area contributed by atoms with Crippen LogP contribution >= 0.6 is 23.2 Å². The average Bonchev–Trinajstić information content (AvgIpc) is 2.75. The largest absolute Gasteiger partial charge is 0.478 e. The Morgan fingerprint density at radius 2 is 1.58 bits per heavy atom. The van der Waals surface area contributed by atoms with Gasteiger partial charge in [0.15, 0.2) is 5.82 Å². The van der Waals surface area contributed by atoms with E-state index in [1.54, 1.807) is 4.90 Å². The molecule has 1 aliphatic heterocycles. The van der Waals surface area contributed by atoms with Crippen LogP contribution in [0.15, 0.2) is 18.2 Å². The van der Waals surface area contributed by atoms with Gasteiger partial charge in [-0.3, -0.25) is 5.32 Å². The van der Waals surface area contributed by atoms with E-state index in [2.05, 4.69) is 52.2 Å². The Kier molecular flexibility index (Phi) is 8.21. The van der Waals surface area contributed by atoms with Crippen molar-refractivity contribution in [1.82, 2.24) is 14.9 Å². The molecule has 9 heteroatoms. The van der Waals surface area contributed by atoms with Gasteiger partial charge in [-0.2, -0.15) is 0 Å². The Labute approximate surface area is 193 Å². The lowest BCUT2D eigenvalue weighted by Gasteiger charge is -2.36. The summed E-state index contributed by atoms with van der Waals surface area (Å²) in [7, 11) is 1.51. The Morgan fingerprint density at radius 1 is 1.00 bits per heavy atom. The molecule has 1 saturated heterocycles. The number of anilines is 2. The van der Waals surface area contributed by atoms with Gasteiger partial charge < -0.3 is 14.5 Å². The van der Waals surface area contributed by atoms with Crippen molar-refractivity contribution in [2.45, 2.75) is 26.7 Å². The fourth-order valence-electron chi connectivity index (χ4n) is 3.77. The third-order valence-corrected chi connectivity index (χ3v) is 5.62. The molecular formula is C22H29Cl2N5O2. The van der Waals surface area contributed by atoms with Crippen LogP contribution in [0.25, 0.3) is 0 Å². The van der Waals surface area contributed by atoms with Crippen molar-refractivity contribution >= 4 is 40.7 Å². The van der Waals surface area contributed by atoms with Gasteiger partial charge in [-0.1, -0.05) is 6.07 Å². The molecule has 0 bridgehead atoms. The maximum Gasteiger partial charge on any atom is 0.323 e. The predicted octanol–water partition coefficient (Wildman–Crippen LogP) is 4.02. The van der Waals surface area contributed by atoms with Crippen LogP contribution in [0.2, 0.25) is 0 Å². The molecule has 1 aliphatic rings. The summed E-state index contributed by atoms with van der Waals surface area (Å²) in [6.07, 6.45) is 1.11. The Balaban J connectivity index is 1.68. The number of amides is 2. The lowest BCUT2D eigenvalue weighted by atomic mass is 10.1. The van der Waals surface area contributed by atoms with Crippen LogP contribution in [0, 0.1) is 13.8 Å². The van der Waals surface area contributed by atoms with Gasteiger partial charge in [-0.15, -0.1) is 23.2 Å². The van der Waals surface area contributed by atoms with Crippen LogP contribution in [0.3, 0.4) is 0 Å². The fraction of sp³-hybridized carbons (Fsp3) is 0.500. The zero-order valence-electron chi connectivity index (χ0n) is 18.3. The highest BCUT2D eigenvalue weighted by Gasteiger charge is 2.24. The van der Waals surface area contributed by atoms with Gasteiger partial charge in [0, 0.05) is 56.5 Å². The molecule has 0 saturated carbocycles. The van der Waals surface area contributed by atoms with Gasteiger partial charge in [0.05, 0.1) is 18.5 Å². The van der Waals surface area contributed by atoms with Gasteiger partial charge in [-0.05, 0) is 37.1 Å². The number of aromatic nitrogens is 2. The third-order valence-electron chi connectivity index (χ3n) is 5.24. The number of hydrogen-bond donors (Lipinski definition) is 1. The Morgan fingerprint density at radius 3 is 2.13 bits per heavy atom. The van der Waals surface area contributed by atoms with E-state index in [1.807, 2.05) is 0 Å². The van der Waals surface area contributed by atoms with E-state index >= 15 is 0 Å². The minimum absolute atomic E-state index is 0.213. The SMILES string of the molecule is COc1nc(CCCl)c(CCCl)nc1NC(=O)N1CCN(c2cc(C)cc(C)c2)CC1. The van der Waals surface area contributed by atoms with Crippen LogP contribution in [0.5, 0.6) is 5.88 Å². The summed E-state index contributed by atoms with van der Waals surface area (Å²) < 4.78 is 5.36. The molecule has 2 heterocycles. The number of benzene rings is 1. The molecule has 2 amide bonds. The number of ether oxygens (including phenoxy) is 1. The maximum absolute atomic E-state index is 12.9. The molecule has 0 atom stereocenters. The summed E-state index contributed by atoms with van der Waals surface area (Å²) in [4.78, 5) is 26.1. The van der Waals surface area contributed by atoms with E-state index in [-0.39, 0.29) is 11.9 Å². The van der Waals surface area contributed by atoms with Crippen LogP contribution in [0.1, 0.15) is 22.5 Å². The molecule has 31 heavy (non-hydrogen) atoms. The first-order chi connectivity index (χ1) is 14.9. The molecule has 1 fully saturated rings. The van der Waals surface area contributed by atoms with Crippen molar-refractivity contribution in [3.05, 3.63) is 40.7 Å². The minimum Gasteiger partial charge on any atom is -0.478 e. The summed E-state index contributed by atoms with van der Waals surface area (Å²) in [6, 6.07) is 6.32. The molecule has 0 spiro atoms. The Hall–Kier alpha value is -2.25. The predicted molar refractivity (Wildman–Crippen MR) is 126 cm³/mol.